The fourth-order valence-electron chi connectivity index (χ4n) is 2.39. The number of likely N-dealkylation sites (N-methyl/N-ethyl adjacent to an activating group) is 1. The first-order valence-electron chi connectivity index (χ1n) is 7.01. The van der Waals surface area contributed by atoms with Crippen LogP contribution in [0.3, 0.4) is 0 Å². The molecule has 1 aromatic heterocycles. The first kappa shape index (κ1) is 14.9. The second-order valence-corrected chi connectivity index (χ2v) is 6.09. The van der Waals surface area contributed by atoms with Crippen LogP contribution in [-0.4, -0.2) is 38.2 Å². The fraction of sp³-hybridized carbons (Fsp3) is 0.312. The summed E-state index contributed by atoms with van der Waals surface area (Å²) in [4.78, 5) is 14.4. The molecular formula is C16H18N2O3S. The van der Waals surface area contributed by atoms with Crippen molar-refractivity contribution in [1.29, 1.82) is 0 Å². The Morgan fingerprint density at radius 3 is 2.86 bits per heavy atom. The van der Waals surface area contributed by atoms with Gasteiger partial charge >= 0.3 is 0 Å². The largest absolute Gasteiger partial charge is 0.454 e. The lowest BCUT2D eigenvalue weighted by Crippen LogP contribution is -2.34. The van der Waals surface area contributed by atoms with Crippen LogP contribution in [0.1, 0.15) is 22.0 Å². The number of hydrogen-bond donors (Lipinski definition) is 1. The lowest BCUT2D eigenvalue weighted by atomic mass is 10.1. The van der Waals surface area contributed by atoms with Crippen LogP contribution in [0.4, 0.5) is 0 Å². The molecule has 1 atom stereocenters. The Morgan fingerprint density at radius 1 is 1.32 bits per heavy atom. The van der Waals surface area contributed by atoms with Crippen molar-refractivity contribution < 1.29 is 14.3 Å². The summed E-state index contributed by atoms with van der Waals surface area (Å²) in [6, 6.07) is 7.47. The van der Waals surface area contributed by atoms with Gasteiger partial charge in [-0.15, -0.1) is 0 Å². The zero-order valence-electron chi connectivity index (χ0n) is 12.5. The summed E-state index contributed by atoms with van der Waals surface area (Å²) in [7, 11) is 4.02. The molecule has 0 saturated heterocycles. The number of hydrogen-bond acceptors (Lipinski definition) is 5. The van der Waals surface area contributed by atoms with Gasteiger partial charge < -0.3 is 19.7 Å². The Bertz CT molecular complexity index is 655. The van der Waals surface area contributed by atoms with Crippen LogP contribution >= 0.6 is 11.3 Å². The normalized spacial score (nSPS) is 14.1. The van der Waals surface area contributed by atoms with E-state index in [0.717, 1.165) is 0 Å². The third kappa shape index (κ3) is 3.08. The molecule has 1 aromatic carbocycles. The minimum absolute atomic E-state index is 0.111. The number of thiophene rings is 1. The van der Waals surface area contributed by atoms with Gasteiger partial charge in [0.05, 0.1) is 6.04 Å². The van der Waals surface area contributed by atoms with Crippen LogP contribution in [0, 0.1) is 0 Å². The van der Waals surface area contributed by atoms with Crippen LogP contribution in [0.2, 0.25) is 0 Å². The van der Waals surface area contributed by atoms with E-state index in [2.05, 4.69) is 21.7 Å². The van der Waals surface area contributed by atoms with Gasteiger partial charge in [-0.25, -0.2) is 0 Å². The topological polar surface area (TPSA) is 50.8 Å². The quantitative estimate of drug-likeness (QED) is 0.920. The minimum atomic E-state index is -0.111. The van der Waals surface area contributed by atoms with Gasteiger partial charge in [-0.3, -0.25) is 4.79 Å². The molecule has 1 amide bonds. The average molecular weight is 318 g/mol. The van der Waals surface area contributed by atoms with E-state index in [-0.39, 0.29) is 18.7 Å². The summed E-state index contributed by atoms with van der Waals surface area (Å²) in [5.74, 6) is 1.19. The molecule has 1 unspecified atom stereocenters. The number of ether oxygens (including phenoxy) is 2. The molecule has 1 aliphatic rings. The number of fused-ring (bicyclic) bond motifs is 1. The molecule has 6 heteroatoms. The van der Waals surface area contributed by atoms with Gasteiger partial charge in [-0.2, -0.15) is 11.3 Å². The van der Waals surface area contributed by atoms with E-state index in [0.29, 0.717) is 23.6 Å². The van der Waals surface area contributed by atoms with Crippen LogP contribution in [0.25, 0.3) is 0 Å². The zero-order valence-corrected chi connectivity index (χ0v) is 13.4. The second kappa shape index (κ2) is 6.37. The van der Waals surface area contributed by atoms with Gasteiger partial charge in [0.1, 0.15) is 0 Å². The number of amides is 1. The van der Waals surface area contributed by atoms with E-state index in [1.54, 1.807) is 29.5 Å². The maximum Gasteiger partial charge on any atom is 0.251 e. The maximum atomic E-state index is 12.3. The minimum Gasteiger partial charge on any atom is -0.454 e. The lowest BCUT2D eigenvalue weighted by Gasteiger charge is -2.24. The Hall–Kier alpha value is -2.05. The number of carbonyl (C=O) groups excluding carboxylic acids is 1. The third-order valence-electron chi connectivity index (χ3n) is 3.64. The van der Waals surface area contributed by atoms with Crippen molar-refractivity contribution >= 4 is 17.2 Å². The molecule has 0 bridgehead atoms. The smallest absolute Gasteiger partial charge is 0.251 e. The van der Waals surface area contributed by atoms with Gasteiger partial charge in [0, 0.05) is 12.1 Å². The molecule has 3 rings (SSSR count). The van der Waals surface area contributed by atoms with Gasteiger partial charge in [-0.1, -0.05) is 0 Å². The van der Waals surface area contributed by atoms with Gasteiger partial charge in [-0.05, 0) is 54.7 Å². The van der Waals surface area contributed by atoms with Crippen LogP contribution < -0.4 is 14.8 Å². The fourth-order valence-corrected chi connectivity index (χ4v) is 3.10. The summed E-state index contributed by atoms with van der Waals surface area (Å²) >= 11 is 1.66. The maximum absolute atomic E-state index is 12.3. The van der Waals surface area contributed by atoms with E-state index >= 15 is 0 Å². The molecule has 116 valence electrons. The van der Waals surface area contributed by atoms with Gasteiger partial charge in [0.2, 0.25) is 6.79 Å². The van der Waals surface area contributed by atoms with Gasteiger partial charge in [0.15, 0.2) is 11.5 Å². The predicted octanol–water partition coefficient (Wildman–Crippen LogP) is 2.51. The molecule has 1 aliphatic heterocycles. The molecule has 0 radical (unpaired) electrons. The second-order valence-electron chi connectivity index (χ2n) is 5.31. The summed E-state index contributed by atoms with van der Waals surface area (Å²) < 4.78 is 10.6. The highest BCUT2D eigenvalue weighted by Gasteiger charge is 2.19. The van der Waals surface area contributed by atoms with E-state index in [4.69, 9.17) is 9.47 Å². The molecule has 0 aliphatic carbocycles. The van der Waals surface area contributed by atoms with E-state index in [9.17, 15) is 4.79 Å². The number of benzene rings is 1. The number of nitrogens with zero attached hydrogens (tertiary/aromatic N) is 1. The highest BCUT2D eigenvalue weighted by Crippen LogP contribution is 2.32. The predicted molar refractivity (Wildman–Crippen MR) is 85.6 cm³/mol. The molecule has 22 heavy (non-hydrogen) atoms. The van der Waals surface area contributed by atoms with Crippen molar-refractivity contribution in [3.05, 3.63) is 46.2 Å². The molecule has 1 N–H and O–H groups in total. The molecule has 0 saturated carbocycles. The van der Waals surface area contributed by atoms with Crippen molar-refractivity contribution in [2.75, 3.05) is 27.4 Å². The number of rotatable bonds is 5. The van der Waals surface area contributed by atoms with Crippen molar-refractivity contribution in [2.24, 2.45) is 0 Å². The molecule has 2 aromatic rings. The molecule has 5 nitrogen and oxygen atoms in total. The molecule has 0 fully saturated rings. The summed E-state index contributed by atoms with van der Waals surface area (Å²) in [6.07, 6.45) is 0. The SMILES string of the molecule is CN(C)C(CNC(=O)c1ccc2c(c1)OCO2)c1ccsc1. The van der Waals surface area contributed by atoms with Crippen molar-refractivity contribution in [1.82, 2.24) is 10.2 Å². The Balaban J connectivity index is 1.66. The summed E-state index contributed by atoms with van der Waals surface area (Å²) in [5, 5.41) is 7.14. The molecule has 2 heterocycles. The Labute approximate surface area is 133 Å². The van der Waals surface area contributed by atoms with Crippen molar-refractivity contribution in [2.45, 2.75) is 6.04 Å². The standard InChI is InChI=1S/C16H18N2O3S/c1-18(2)13(12-5-6-22-9-12)8-17-16(19)11-3-4-14-15(7-11)21-10-20-14/h3-7,9,13H,8,10H2,1-2H3,(H,17,19). The monoisotopic (exact) mass is 318 g/mol. The number of nitrogens with one attached hydrogen (secondary N) is 1. The Morgan fingerprint density at radius 2 is 2.14 bits per heavy atom. The van der Waals surface area contributed by atoms with Crippen molar-refractivity contribution in [3.63, 3.8) is 0 Å². The van der Waals surface area contributed by atoms with E-state index in [1.807, 2.05) is 19.5 Å². The first-order valence-corrected chi connectivity index (χ1v) is 7.96. The van der Waals surface area contributed by atoms with Gasteiger partial charge in [0.25, 0.3) is 5.91 Å². The third-order valence-corrected chi connectivity index (χ3v) is 4.34. The summed E-state index contributed by atoms with van der Waals surface area (Å²) in [6.45, 7) is 0.762. The highest BCUT2D eigenvalue weighted by molar-refractivity contribution is 7.07. The molecule has 0 spiro atoms. The Kier molecular flexibility index (Phi) is 4.31. The lowest BCUT2D eigenvalue weighted by molar-refractivity contribution is 0.0941. The highest BCUT2D eigenvalue weighted by atomic mass is 32.1. The van der Waals surface area contributed by atoms with Crippen molar-refractivity contribution in [3.8, 4) is 11.5 Å². The average Bonchev–Trinajstić information content (AvgIpc) is 3.17. The zero-order chi connectivity index (χ0) is 15.5. The van der Waals surface area contributed by atoms with E-state index in [1.165, 1.54) is 5.56 Å². The van der Waals surface area contributed by atoms with Crippen LogP contribution in [0.15, 0.2) is 35.0 Å². The van der Waals surface area contributed by atoms with Crippen LogP contribution in [-0.2, 0) is 0 Å². The van der Waals surface area contributed by atoms with Crippen LogP contribution in [0.5, 0.6) is 11.5 Å². The van der Waals surface area contributed by atoms with E-state index < -0.39 is 0 Å². The molecular weight excluding hydrogens is 300 g/mol. The number of carbonyl (C=O) groups is 1. The summed E-state index contributed by atoms with van der Waals surface area (Å²) in [5.41, 5.74) is 1.79. The first-order chi connectivity index (χ1) is 10.6.